The molecule has 0 bridgehead atoms. The van der Waals surface area contributed by atoms with E-state index in [1.54, 1.807) is 29.2 Å². The SMILES string of the molecule is CC(=O)Nc1ccc(C(=O)Nc2nnc(C3CC(=O)N(c4cccc(C)c4)C3)s2)cc1. The van der Waals surface area contributed by atoms with Crippen molar-refractivity contribution in [1.82, 2.24) is 10.2 Å². The molecule has 4 rings (SSSR count). The van der Waals surface area contributed by atoms with Crippen molar-refractivity contribution in [2.24, 2.45) is 0 Å². The number of carbonyl (C=O) groups excluding carboxylic acids is 3. The molecule has 1 unspecified atom stereocenters. The molecule has 2 N–H and O–H groups in total. The van der Waals surface area contributed by atoms with Crippen LogP contribution < -0.4 is 15.5 Å². The molecule has 0 aliphatic carbocycles. The number of aromatic nitrogens is 2. The number of nitrogens with one attached hydrogen (secondary N) is 2. The maximum Gasteiger partial charge on any atom is 0.257 e. The van der Waals surface area contributed by atoms with E-state index >= 15 is 0 Å². The van der Waals surface area contributed by atoms with Gasteiger partial charge in [-0.1, -0.05) is 23.5 Å². The minimum Gasteiger partial charge on any atom is -0.326 e. The molecule has 3 aromatic rings. The van der Waals surface area contributed by atoms with Crippen LogP contribution in [-0.4, -0.2) is 34.5 Å². The summed E-state index contributed by atoms with van der Waals surface area (Å²) in [6, 6.07) is 14.4. The Labute approximate surface area is 183 Å². The molecule has 8 nitrogen and oxygen atoms in total. The van der Waals surface area contributed by atoms with Crippen LogP contribution in [0.5, 0.6) is 0 Å². The topological polar surface area (TPSA) is 104 Å². The Morgan fingerprint density at radius 2 is 1.87 bits per heavy atom. The van der Waals surface area contributed by atoms with Crippen LogP contribution in [0.4, 0.5) is 16.5 Å². The van der Waals surface area contributed by atoms with E-state index in [2.05, 4.69) is 20.8 Å². The third kappa shape index (κ3) is 4.77. The summed E-state index contributed by atoms with van der Waals surface area (Å²) in [5.74, 6) is -0.505. The molecule has 0 radical (unpaired) electrons. The highest BCUT2D eigenvalue weighted by Gasteiger charge is 2.34. The Kier molecular flexibility index (Phi) is 5.77. The predicted molar refractivity (Wildman–Crippen MR) is 119 cm³/mol. The molecular formula is C22H21N5O3S. The fraction of sp³-hybridized carbons (Fsp3) is 0.227. The third-order valence-corrected chi connectivity index (χ3v) is 5.92. The van der Waals surface area contributed by atoms with Gasteiger partial charge in [-0.3, -0.25) is 19.7 Å². The first-order chi connectivity index (χ1) is 14.9. The molecular weight excluding hydrogens is 414 g/mol. The first kappa shape index (κ1) is 20.7. The van der Waals surface area contributed by atoms with Gasteiger partial charge in [0.25, 0.3) is 5.91 Å². The monoisotopic (exact) mass is 435 g/mol. The minimum atomic E-state index is -0.319. The molecule has 9 heteroatoms. The third-order valence-electron chi connectivity index (χ3n) is 4.92. The number of rotatable bonds is 5. The lowest BCUT2D eigenvalue weighted by molar-refractivity contribution is -0.117. The average molecular weight is 436 g/mol. The van der Waals surface area contributed by atoms with Gasteiger partial charge in [-0.05, 0) is 48.9 Å². The van der Waals surface area contributed by atoms with E-state index in [0.717, 1.165) is 16.3 Å². The molecule has 1 fully saturated rings. The zero-order valence-electron chi connectivity index (χ0n) is 17.1. The minimum absolute atomic E-state index is 0.0515. The van der Waals surface area contributed by atoms with E-state index in [-0.39, 0.29) is 23.6 Å². The van der Waals surface area contributed by atoms with Gasteiger partial charge in [-0.2, -0.15) is 0 Å². The van der Waals surface area contributed by atoms with Crippen molar-refractivity contribution in [2.75, 3.05) is 22.1 Å². The summed E-state index contributed by atoms with van der Waals surface area (Å²) in [4.78, 5) is 37.9. The van der Waals surface area contributed by atoms with Gasteiger partial charge in [0.2, 0.25) is 16.9 Å². The first-order valence-electron chi connectivity index (χ1n) is 9.78. The van der Waals surface area contributed by atoms with Crippen LogP contribution in [0.15, 0.2) is 48.5 Å². The van der Waals surface area contributed by atoms with Gasteiger partial charge in [0.15, 0.2) is 0 Å². The van der Waals surface area contributed by atoms with Gasteiger partial charge in [0.1, 0.15) is 5.01 Å². The Morgan fingerprint density at radius 3 is 2.58 bits per heavy atom. The van der Waals surface area contributed by atoms with Gasteiger partial charge in [0.05, 0.1) is 0 Å². The number of nitrogens with zero attached hydrogens (tertiary/aromatic N) is 3. The summed E-state index contributed by atoms with van der Waals surface area (Å²) in [6.07, 6.45) is 0.362. The second-order valence-corrected chi connectivity index (χ2v) is 8.41. The summed E-state index contributed by atoms with van der Waals surface area (Å²) in [6.45, 7) is 3.95. The van der Waals surface area contributed by atoms with E-state index in [1.165, 1.54) is 18.3 Å². The number of amides is 3. The first-order valence-corrected chi connectivity index (χ1v) is 10.6. The molecule has 1 aliphatic heterocycles. The second-order valence-electron chi connectivity index (χ2n) is 7.40. The molecule has 31 heavy (non-hydrogen) atoms. The van der Waals surface area contributed by atoms with E-state index in [0.29, 0.717) is 29.3 Å². The fourth-order valence-corrected chi connectivity index (χ4v) is 4.28. The van der Waals surface area contributed by atoms with Crippen LogP contribution >= 0.6 is 11.3 Å². The number of aryl methyl sites for hydroxylation is 1. The lowest BCUT2D eigenvalue weighted by Gasteiger charge is -2.16. The summed E-state index contributed by atoms with van der Waals surface area (Å²) < 4.78 is 0. The number of hydrogen-bond acceptors (Lipinski definition) is 6. The summed E-state index contributed by atoms with van der Waals surface area (Å²) in [5.41, 5.74) is 3.03. The van der Waals surface area contributed by atoms with Crippen LogP contribution in [0.3, 0.4) is 0 Å². The quantitative estimate of drug-likeness (QED) is 0.637. The van der Waals surface area contributed by atoms with Crippen molar-refractivity contribution in [1.29, 1.82) is 0 Å². The number of anilines is 3. The van der Waals surface area contributed by atoms with Gasteiger partial charge < -0.3 is 10.2 Å². The molecule has 1 aromatic heterocycles. The molecule has 1 aliphatic rings. The molecule has 0 saturated carbocycles. The largest absolute Gasteiger partial charge is 0.326 e. The molecule has 1 saturated heterocycles. The number of benzene rings is 2. The maximum atomic E-state index is 12.5. The Morgan fingerprint density at radius 1 is 1.10 bits per heavy atom. The van der Waals surface area contributed by atoms with Crippen LogP contribution in [-0.2, 0) is 9.59 Å². The zero-order chi connectivity index (χ0) is 22.0. The standard InChI is InChI=1S/C22H21N5O3S/c1-13-4-3-5-18(10-13)27-12-16(11-19(27)29)21-25-26-22(31-21)24-20(30)15-6-8-17(9-7-15)23-14(2)28/h3-10,16H,11-12H2,1-2H3,(H,23,28)(H,24,26,30). The highest BCUT2D eigenvalue weighted by atomic mass is 32.1. The Balaban J connectivity index is 1.41. The smallest absolute Gasteiger partial charge is 0.257 e. The number of hydrogen-bond donors (Lipinski definition) is 2. The maximum absolute atomic E-state index is 12.5. The van der Waals surface area contributed by atoms with Crippen molar-refractivity contribution in [2.45, 2.75) is 26.2 Å². The Bertz CT molecular complexity index is 1140. The molecule has 3 amide bonds. The van der Waals surface area contributed by atoms with Crippen molar-refractivity contribution in [3.8, 4) is 0 Å². The van der Waals surface area contributed by atoms with Gasteiger partial charge in [-0.15, -0.1) is 10.2 Å². The molecule has 1 atom stereocenters. The van der Waals surface area contributed by atoms with Gasteiger partial charge >= 0.3 is 0 Å². The highest BCUT2D eigenvalue weighted by molar-refractivity contribution is 7.15. The van der Waals surface area contributed by atoms with Gasteiger partial charge in [-0.25, -0.2) is 0 Å². The summed E-state index contributed by atoms with van der Waals surface area (Å²) in [5, 5.41) is 14.8. The van der Waals surface area contributed by atoms with Crippen molar-refractivity contribution >= 4 is 45.6 Å². The van der Waals surface area contributed by atoms with E-state index in [1.807, 2.05) is 31.2 Å². The molecule has 0 spiro atoms. The predicted octanol–water partition coefficient (Wildman–Crippen LogP) is 3.58. The lowest BCUT2D eigenvalue weighted by atomic mass is 10.1. The van der Waals surface area contributed by atoms with Crippen molar-refractivity contribution in [3.05, 3.63) is 64.7 Å². The van der Waals surface area contributed by atoms with Crippen LogP contribution in [0, 0.1) is 6.92 Å². The van der Waals surface area contributed by atoms with Crippen molar-refractivity contribution < 1.29 is 14.4 Å². The fourth-order valence-electron chi connectivity index (χ4n) is 3.45. The molecule has 2 aromatic carbocycles. The normalized spacial score (nSPS) is 15.7. The molecule has 2 heterocycles. The van der Waals surface area contributed by atoms with Crippen LogP contribution in [0.2, 0.25) is 0 Å². The van der Waals surface area contributed by atoms with Crippen molar-refractivity contribution in [3.63, 3.8) is 0 Å². The lowest BCUT2D eigenvalue weighted by Crippen LogP contribution is -2.24. The molecule has 158 valence electrons. The van der Waals surface area contributed by atoms with Crippen LogP contribution in [0.25, 0.3) is 0 Å². The zero-order valence-corrected chi connectivity index (χ0v) is 17.9. The van der Waals surface area contributed by atoms with E-state index in [4.69, 9.17) is 0 Å². The van der Waals surface area contributed by atoms with E-state index < -0.39 is 0 Å². The summed E-state index contributed by atoms with van der Waals surface area (Å²) in [7, 11) is 0. The number of carbonyl (C=O) groups is 3. The Hall–Kier alpha value is -3.59. The highest BCUT2D eigenvalue weighted by Crippen LogP contribution is 2.34. The average Bonchev–Trinajstić information content (AvgIpc) is 3.34. The second kappa shape index (κ2) is 8.65. The summed E-state index contributed by atoms with van der Waals surface area (Å²) >= 11 is 1.28. The van der Waals surface area contributed by atoms with Gasteiger partial charge in [0, 0.05) is 42.7 Å². The van der Waals surface area contributed by atoms with Crippen LogP contribution in [0.1, 0.15) is 40.2 Å². The van der Waals surface area contributed by atoms with E-state index in [9.17, 15) is 14.4 Å².